The molecule has 2 unspecified atom stereocenters. The van der Waals surface area contributed by atoms with E-state index in [-0.39, 0.29) is 0 Å². The zero-order chi connectivity index (χ0) is 28.8. The molecular weight excluding hydrogens is 516 g/mol. The van der Waals surface area contributed by atoms with Crippen LogP contribution >= 0.6 is 0 Å². The van der Waals surface area contributed by atoms with E-state index in [4.69, 9.17) is 47.4 Å². The van der Waals surface area contributed by atoms with Crippen molar-refractivity contribution in [1.29, 1.82) is 0 Å². The summed E-state index contributed by atoms with van der Waals surface area (Å²) in [6.45, 7) is 7.80. The average molecular weight is 555 g/mol. The number of ether oxygens (including phenoxy) is 10. The summed E-state index contributed by atoms with van der Waals surface area (Å²) in [7, 11) is 5.75. The van der Waals surface area contributed by atoms with Crippen LogP contribution in [-0.2, 0) is 52.2 Å². The fourth-order valence-corrected chi connectivity index (χ4v) is 5.28. The van der Waals surface area contributed by atoms with Gasteiger partial charge in [-0.1, -0.05) is 18.2 Å². The lowest BCUT2D eigenvalue weighted by molar-refractivity contribution is -0.502. The van der Waals surface area contributed by atoms with Crippen LogP contribution in [0.4, 0.5) is 0 Å². The van der Waals surface area contributed by atoms with E-state index in [1.807, 2.05) is 0 Å². The molecule has 1 saturated carbocycles. The normalized spacial score (nSPS) is 43.6. The molecule has 10 atom stereocenters. The van der Waals surface area contributed by atoms with Gasteiger partial charge >= 0.3 is 11.9 Å². The summed E-state index contributed by atoms with van der Waals surface area (Å²) in [5, 5.41) is 0. The zero-order valence-electron chi connectivity index (χ0n) is 23.7. The van der Waals surface area contributed by atoms with Gasteiger partial charge in [-0.05, 0) is 39.8 Å². The Labute approximate surface area is 228 Å². The monoisotopic (exact) mass is 554 g/mol. The molecule has 0 bridgehead atoms. The van der Waals surface area contributed by atoms with Gasteiger partial charge in [-0.15, -0.1) is 0 Å². The number of carbonyl (C=O) groups excluding carboxylic acids is 2. The van der Waals surface area contributed by atoms with Crippen molar-refractivity contribution in [3.8, 4) is 0 Å². The van der Waals surface area contributed by atoms with Crippen molar-refractivity contribution >= 4 is 11.9 Å². The highest BCUT2D eigenvalue weighted by Crippen LogP contribution is 2.50. The molecule has 218 valence electrons. The van der Waals surface area contributed by atoms with E-state index in [1.165, 1.54) is 35.4 Å². The van der Waals surface area contributed by atoms with Gasteiger partial charge in [0.2, 0.25) is 23.1 Å². The summed E-state index contributed by atoms with van der Waals surface area (Å²) in [4.78, 5) is 25.7. The summed E-state index contributed by atoms with van der Waals surface area (Å²) in [6.07, 6.45) is -6.38. The number of benzene rings is 1. The molecule has 0 spiro atoms. The van der Waals surface area contributed by atoms with Crippen molar-refractivity contribution in [2.45, 2.75) is 94.4 Å². The lowest BCUT2D eigenvalue weighted by Gasteiger charge is -2.61. The Balaban J connectivity index is 1.85. The summed E-state index contributed by atoms with van der Waals surface area (Å²) in [5.41, 5.74) is 0.314. The van der Waals surface area contributed by atoms with Gasteiger partial charge in [-0.25, -0.2) is 4.79 Å². The average Bonchev–Trinajstić information content (AvgIpc) is 2.93. The lowest BCUT2D eigenvalue weighted by atomic mass is 9.80. The molecule has 0 N–H and O–H groups in total. The minimum absolute atomic E-state index is 0.314. The first-order valence-electron chi connectivity index (χ1n) is 12.7. The molecular formula is C27H38O12. The van der Waals surface area contributed by atoms with Crippen LogP contribution in [0.25, 0.3) is 0 Å². The molecule has 4 rings (SSSR count). The maximum absolute atomic E-state index is 13.3. The van der Waals surface area contributed by atoms with Gasteiger partial charge in [0.05, 0.1) is 5.56 Å². The zero-order valence-corrected chi connectivity index (χ0v) is 23.7. The Kier molecular flexibility index (Phi) is 8.16. The fourth-order valence-electron chi connectivity index (χ4n) is 5.28. The van der Waals surface area contributed by atoms with Gasteiger partial charge in [0.15, 0.2) is 12.2 Å². The van der Waals surface area contributed by atoms with E-state index in [0.717, 1.165) is 0 Å². The number of rotatable bonds is 7. The predicted octanol–water partition coefficient (Wildman–Crippen LogP) is 2.18. The second-order valence-electron chi connectivity index (χ2n) is 10.2. The van der Waals surface area contributed by atoms with Crippen LogP contribution in [-0.4, -0.2) is 100 Å². The predicted molar refractivity (Wildman–Crippen MR) is 132 cm³/mol. The Hall–Kier alpha value is -2.16. The van der Waals surface area contributed by atoms with Crippen LogP contribution in [0.1, 0.15) is 45.0 Å². The van der Waals surface area contributed by atoms with E-state index in [0.29, 0.717) is 5.56 Å². The van der Waals surface area contributed by atoms with E-state index >= 15 is 0 Å². The standard InChI is InChI=1S/C27H38O12/c1-15(28)34-17-19-21(38-26(4,32-8)24(2,30-6)36-19)18(35-23(29)16-13-11-10-12-14-16)22-20(17)37-25(3,31-7)27(5,33-9)39-22/h10-14,17-22H,1-9H3/t17?,18?,19-,20+,21-,22+,24-,25+,26-,27+. The lowest BCUT2D eigenvalue weighted by Crippen LogP contribution is -2.80. The first-order chi connectivity index (χ1) is 18.3. The molecule has 2 aliphatic heterocycles. The minimum Gasteiger partial charge on any atom is -0.457 e. The Morgan fingerprint density at radius 1 is 0.615 bits per heavy atom. The molecule has 12 heteroatoms. The molecule has 1 aromatic rings. The molecule has 0 radical (unpaired) electrons. The highest BCUT2D eigenvalue weighted by Gasteiger charge is 2.70. The van der Waals surface area contributed by atoms with E-state index in [2.05, 4.69) is 0 Å². The number of hydrogen-bond acceptors (Lipinski definition) is 12. The third-order valence-electron chi connectivity index (χ3n) is 8.15. The van der Waals surface area contributed by atoms with Gasteiger partial charge in [0.1, 0.15) is 24.4 Å². The molecule has 1 aliphatic carbocycles. The molecule has 0 amide bonds. The largest absolute Gasteiger partial charge is 0.457 e. The van der Waals surface area contributed by atoms with Crippen LogP contribution in [0.15, 0.2) is 30.3 Å². The van der Waals surface area contributed by atoms with Gasteiger partial charge in [0, 0.05) is 35.4 Å². The highest BCUT2D eigenvalue weighted by molar-refractivity contribution is 5.89. The number of esters is 2. The number of carbonyl (C=O) groups is 2. The van der Waals surface area contributed by atoms with Crippen LogP contribution < -0.4 is 0 Å². The molecule has 1 aromatic carbocycles. The third-order valence-corrected chi connectivity index (χ3v) is 8.15. The summed E-state index contributed by atoms with van der Waals surface area (Å²) >= 11 is 0. The maximum Gasteiger partial charge on any atom is 0.338 e. The first kappa shape index (κ1) is 29.8. The number of fused-ring (bicyclic) bond motifs is 2. The molecule has 2 heterocycles. The van der Waals surface area contributed by atoms with E-state index < -0.39 is 71.7 Å². The van der Waals surface area contributed by atoms with Crippen molar-refractivity contribution < 1.29 is 57.0 Å². The van der Waals surface area contributed by atoms with Crippen LogP contribution in [0.2, 0.25) is 0 Å². The quantitative estimate of drug-likeness (QED) is 0.459. The van der Waals surface area contributed by atoms with Gasteiger partial charge < -0.3 is 47.4 Å². The summed E-state index contributed by atoms with van der Waals surface area (Å²) < 4.78 is 60.4. The Morgan fingerprint density at radius 2 is 0.949 bits per heavy atom. The molecule has 3 aliphatic rings. The fraction of sp³-hybridized carbons (Fsp3) is 0.704. The van der Waals surface area contributed by atoms with Crippen LogP contribution in [0.3, 0.4) is 0 Å². The molecule has 0 aromatic heterocycles. The second kappa shape index (κ2) is 10.7. The third kappa shape index (κ3) is 4.87. The van der Waals surface area contributed by atoms with Gasteiger partial charge in [-0.3, -0.25) is 4.79 Å². The smallest absolute Gasteiger partial charge is 0.338 e. The number of methoxy groups -OCH3 is 4. The van der Waals surface area contributed by atoms with Crippen molar-refractivity contribution in [2.75, 3.05) is 28.4 Å². The van der Waals surface area contributed by atoms with E-state index in [9.17, 15) is 9.59 Å². The van der Waals surface area contributed by atoms with Crippen molar-refractivity contribution in [2.24, 2.45) is 0 Å². The Bertz CT molecular complexity index is 1000. The Morgan fingerprint density at radius 3 is 1.26 bits per heavy atom. The summed E-state index contributed by atoms with van der Waals surface area (Å²) in [5.74, 6) is -7.06. The second-order valence-corrected chi connectivity index (χ2v) is 10.2. The molecule has 12 nitrogen and oxygen atoms in total. The topological polar surface area (TPSA) is 126 Å². The van der Waals surface area contributed by atoms with Crippen LogP contribution in [0, 0.1) is 0 Å². The van der Waals surface area contributed by atoms with E-state index in [1.54, 1.807) is 58.0 Å². The van der Waals surface area contributed by atoms with Gasteiger partial charge in [0.25, 0.3) is 0 Å². The molecule has 39 heavy (non-hydrogen) atoms. The van der Waals surface area contributed by atoms with Crippen molar-refractivity contribution in [3.63, 3.8) is 0 Å². The van der Waals surface area contributed by atoms with Crippen molar-refractivity contribution in [1.82, 2.24) is 0 Å². The number of hydrogen-bond donors (Lipinski definition) is 0. The molecule has 3 fully saturated rings. The van der Waals surface area contributed by atoms with Crippen molar-refractivity contribution in [3.05, 3.63) is 35.9 Å². The van der Waals surface area contributed by atoms with Crippen LogP contribution in [0.5, 0.6) is 0 Å². The van der Waals surface area contributed by atoms with Gasteiger partial charge in [-0.2, -0.15) is 0 Å². The maximum atomic E-state index is 13.3. The summed E-state index contributed by atoms with van der Waals surface area (Å²) in [6, 6.07) is 8.48. The minimum atomic E-state index is -1.46. The molecule has 2 saturated heterocycles. The highest BCUT2D eigenvalue weighted by atomic mass is 16.8. The first-order valence-corrected chi connectivity index (χ1v) is 12.7. The SMILES string of the molecule is CO[C@@]1(C)O[C@H]2C(OC(C)=O)[C@H]3O[C@@](C)(OC)[C@](C)(OC)O[C@@H]3C(OC(=O)c3ccccc3)[C@@H]2O[C@]1(C)OC.